The minimum atomic E-state index is -2.50. The fourth-order valence-electron chi connectivity index (χ4n) is 6.99. The summed E-state index contributed by atoms with van der Waals surface area (Å²) in [6.45, 7) is 5.09. The topological polar surface area (TPSA) is 366 Å². The number of rotatable bonds is 18. The fourth-order valence-corrected chi connectivity index (χ4v) is 6.99. The van der Waals surface area contributed by atoms with E-state index in [0.29, 0.717) is 5.56 Å². The van der Waals surface area contributed by atoms with Gasteiger partial charge in [0.25, 0.3) is 0 Å². The Morgan fingerprint density at radius 3 is 1.76 bits per heavy atom. The Labute approximate surface area is 401 Å². The molecule has 2 aliphatic heterocycles. The lowest BCUT2D eigenvalue weighted by atomic mass is 9.79. The van der Waals surface area contributed by atoms with E-state index in [9.17, 15) is 80.5 Å². The molecule has 2 saturated heterocycles. The summed E-state index contributed by atoms with van der Waals surface area (Å²) in [5, 5.41) is 121. The van der Waals surface area contributed by atoms with Crippen LogP contribution in [0.1, 0.15) is 46.1 Å². The molecule has 14 atom stereocenters. The molecule has 6 unspecified atom stereocenters. The van der Waals surface area contributed by atoms with Gasteiger partial charge in [-0.15, -0.1) is 0 Å². The van der Waals surface area contributed by atoms with E-state index in [-0.39, 0.29) is 16.9 Å². The molecule has 4 rings (SSSR count). The molecule has 0 bridgehead atoms. The van der Waals surface area contributed by atoms with Gasteiger partial charge in [-0.2, -0.15) is 0 Å². The van der Waals surface area contributed by atoms with E-state index < -0.39 is 141 Å². The van der Waals surface area contributed by atoms with Crippen molar-refractivity contribution in [3.05, 3.63) is 113 Å². The number of aliphatic hydroxyl groups is 9. The zero-order chi connectivity index (χ0) is 52.0. The van der Waals surface area contributed by atoms with E-state index in [1.807, 2.05) is 0 Å². The van der Waals surface area contributed by atoms with E-state index in [2.05, 4.69) is 0 Å². The van der Waals surface area contributed by atoms with E-state index in [1.54, 1.807) is 62.5 Å². The predicted octanol–water partition coefficient (Wildman–Crippen LogP) is -0.474. The number of aromatic hydroxyl groups is 2. The van der Waals surface area contributed by atoms with E-state index in [0.717, 1.165) is 23.3 Å². The molecule has 12 N–H and O–H groups in total. The van der Waals surface area contributed by atoms with Crippen LogP contribution in [0.4, 0.5) is 0 Å². The van der Waals surface area contributed by atoms with Gasteiger partial charge in [0.2, 0.25) is 6.29 Å². The van der Waals surface area contributed by atoms with Crippen molar-refractivity contribution >= 4 is 30.0 Å². The minimum Gasteiger partial charge on any atom is -0.504 e. The van der Waals surface area contributed by atoms with Crippen molar-refractivity contribution in [1.29, 1.82) is 0 Å². The number of carbonyl (C=O) groups excluding carboxylic acids is 3. The average Bonchev–Trinajstić information content (AvgIpc) is 3.31. The number of allylic oxidation sites excluding steroid dienone is 12. The number of carboxylic acids is 1. The maximum Gasteiger partial charge on any atom is 0.336 e. The summed E-state index contributed by atoms with van der Waals surface area (Å²) in [5.41, 5.74) is -0.549. The first kappa shape index (κ1) is 56.7. The Hall–Kier alpha value is -5.86. The van der Waals surface area contributed by atoms with Crippen molar-refractivity contribution in [1.82, 2.24) is 0 Å². The molecule has 3 aliphatic rings. The molecule has 1 saturated carbocycles. The summed E-state index contributed by atoms with van der Waals surface area (Å²) in [7, 11) is 0. The molecule has 384 valence electrons. The number of hydrogen-bond acceptors (Lipinski definition) is 21. The number of benzene rings is 1. The normalized spacial score (nSPS) is 32.7. The highest BCUT2D eigenvalue weighted by atomic mass is 16.7. The van der Waals surface area contributed by atoms with Crippen LogP contribution < -0.4 is 0 Å². The molecule has 0 radical (unpaired) electrons. The third-order valence-corrected chi connectivity index (χ3v) is 11.2. The Bertz CT molecular complexity index is 2260. The lowest BCUT2D eigenvalue weighted by molar-refractivity contribution is -0.326. The minimum absolute atomic E-state index is 0.0659. The van der Waals surface area contributed by atoms with Crippen LogP contribution in [0.5, 0.6) is 11.5 Å². The van der Waals surface area contributed by atoms with Gasteiger partial charge in [-0.3, -0.25) is 0 Å². The Kier molecular flexibility index (Phi) is 20.9. The summed E-state index contributed by atoms with van der Waals surface area (Å²) >= 11 is 0. The second-order valence-electron chi connectivity index (χ2n) is 16.8. The van der Waals surface area contributed by atoms with Crippen LogP contribution in [0.15, 0.2) is 107 Å². The summed E-state index contributed by atoms with van der Waals surface area (Å²) in [6.07, 6.45) is -4.47. The van der Waals surface area contributed by atoms with Crippen LogP contribution in [-0.4, -0.2) is 184 Å². The highest BCUT2D eigenvalue weighted by Crippen LogP contribution is 2.34. The van der Waals surface area contributed by atoms with Crippen LogP contribution in [0.3, 0.4) is 0 Å². The van der Waals surface area contributed by atoms with Crippen molar-refractivity contribution in [3.63, 3.8) is 0 Å². The lowest BCUT2D eigenvalue weighted by Crippen LogP contribution is -2.61. The van der Waals surface area contributed by atoms with Gasteiger partial charge >= 0.3 is 23.9 Å². The van der Waals surface area contributed by atoms with Gasteiger partial charge in [-0.1, -0.05) is 78.0 Å². The molecule has 1 aromatic carbocycles. The predicted molar refractivity (Wildman–Crippen MR) is 241 cm³/mol. The molecule has 1 aliphatic carbocycles. The van der Waals surface area contributed by atoms with Crippen molar-refractivity contribution in [2.45, 2.75) is 126 Å². The first-order chi connectivity index (χ1) is 33.0. The lowest BCUT2D eigenvalue weighted by Gasteiger charge is -2.42. The number of carboxylic acid groups (broad SMARTS) is 1. The Balaban J connectivity index is 1.28. The quantitative estimate of drug-likeness (QED) is 0.0291. The van der Waals surface area contributed by atoms with Gasteiger partial charge in [0, 0.05) is 30.1 Å². The number of aliphatic hydroxyl groups excluding tert-OH is 8. The van der Waals surface area contributed by atoms with Crippen LogP contribution >= 0.6 is 0 Å². The molecular weight excluding hydrogens is 929 g/mol. The molecule has 0 amide bonds. The van der Waals surface area contributed by atoms with Crippen LogP contribution in [0, 0.1) is 0 Å². The number of hydrogen-bond donors (Lipinski definition) is 12. The first-order valence-electron chi connectivity index (χ1n) is 21.8. The second-order valence-corrected chi connectivity index (χ2v) is 16.8. The SMILES string of the molecule is CC(=C/C=C/C=C(C)/C=C/C=C(\C)C(=O)O[C@H]1[C@@H](O)C[C@](O)(C(=O)O)C[C@H]1OC(=O)/C=C/c1ccc(O)c(O)c1)/C=C/C=C(\C)C(=O)O[C@@H]1OC(CO[C@@H]2OC(CO)[C@@H](O)C(O)C2O)[C@@H](O)C(O)C1O. The Morgan fingerprint density at radius 2 is 1.20 bits per heavy atom. The van der Waals surface area contributed by atoms with E-state index >= 15 is 0 Å². The highest BCUT2D eigenvalue weighted by Gasteiger charge is 2.53. The largest absolute Gasteiger partial charge is 0.504 e. The summed E-state index contributed by atoms with van der Waals surface area (Å²) in [5.74, 6) is -5.41. The third kappa shape index (κ3) is 15.6. The van der Waals surface area contributed by atoms with Gasteiger partial charge < -0.3 is 89.7 Å². The number of aliphatic carboxylic acids is 1. The molecule has 22 heteroatoms. The molecule has 2 heterocycles. The number of ether oxygens (including phenoxy) is 6. The molecular formula is C48H60O22. The number of carbonyl (C=O) groups is 4. The van der Waals surface area contributed by atoms with Crippen molar-refractivity contribution in [2.75, 3.05) is 13.2 Å². The number of esters is 3. The number of phenolic OH excluding ortho intramolecular Hbond substituents is 2. The van der Waals surface area contributed by atoms with Gasteiger partial charge in [-0.05, 0) is 51.5 Å². The van der Waals surface area contributed by atoms with E-state index in [1.165, 1.54) is 44.2 Å². The van der Waals surface area contributed by atoms with Crippen molar-refractivity contribution in [2.24, 2.45) is 0 Å². The number of phenols is 2. The molecule has 1 aromatic rings. The maximum absolute atomic E-state index is 13.0. The van der Waals surface area contributed by atoms with E-state index in [4.69, 9.17) is 28.4 Å². The van der Waals surface area contributed by atoms with Crippen LogP contribution in [0.2, 0.25) is 0 Å². The zero-order valence-electron chi connectivity index (χ0n) is 38.4. The molecule has 0 aromatic heterocycles. The van der Waals surface area contributed by atoms with Crippen LogP contribution in [-0.2, 0) is 47.6 Å². The smallest absolute Gasteiger partial charge is 0.336 e. The van der Waals surface area contributed by atoms with Crippen molar-refractivity contribution in [3.8, 4) is 11.5 Å². The summed E-state index contributed by atoms with van der Waals surface area (Å²) in [6, 6.07) is 3.73. The van der Waals surface area contributed by atoms with Crippen molar-refractivity contribution < 1.29 is 109 Å². The van der Waals surface area contributed by atoms with Gasteiger partial charge in [0.05, 0.1) is 19.3 Å². The Morgan fingerprint density at radius 1 is 0.657 bits per heavy atom. The standard InChI is InChI=1S/C48H60O22/c1-24(11-7-13-26(3)43(60)69-42-31(52)20-48(64,47(62)63)21-32(42)66-35(53)18-16-28-15-17-29(50)30(51)19-28)9-5-6-10-25(2)12-8-14-27(4)44(61)70-46-41(59)39(57)37(55)34(68-46)23-65-45-40(58)38(56)36(54)33(22-49)67-45/h5-19,31-34,36-42,45-46,49-52,54-59,64H,20-23H2,1-4H3,(H,62,63)/b6-5+,11-7+,12-8+,18-16+,24-9+,25-10-,26-13+,27-14+/t31-,32+,33?,34?,36+,37+,38?,39?,40?,41?,42-,45+,46-,48+/m0/s1. The van der Waals surface area contributed by atoms with Crippen LogP contribution in [0.25, 0.3) is 6.08 Å². The van der Waals surface area contributed by atoms with Gasteiger partial charge in [-0.25, -0.2) is 19.2 Å². The van der Waals surface area contributed by atoms with Gasteiger partial charge in [0.1, 0.15) is 54.9 Å². The molecule has 0 spiro atoms. The maximum atomic E-state index is 13.0. The molecule has 70 heavy (non-hydrogen) atoms. The zero-order valence-corrected chi connectivity index (χ0v) is 38.4. The fraction of sp³-hybridized carbons (Fsp3) is 0.458. The third-order valence-electron chi connectivity index (χ3n) is 11.2. The monoisotopic (exact) mass is 988 g/mol. The van der Waals surface area contributed by atoms with Gasteiger partial charge in [0.15, 0.2) is 29.5 Å². The summed E-state index contributed by atoms with van der Waals surface area (Å²) < 4.78 is 32.1. The second kappa shape index (κ2) is 25.8. The summed E-state index contributed by atoms with van der Waals surface area (Å²) in [4.78, 5) is 50.4. The molecule has 22 nitrogen and oxygen atoms in total. The first-order valence-corrected chi connectivity index (χ1v) is 21.8. The highest BCUT2D eigenvalue weighted by molar-refractivity contribution is 5.89. The average molecular weight is 989 g/mol. The molecule has 3 fully saturated rings.